The van der Waals surface area contributed by atoms with E-state index in [4.69, 9.17) is 0 Å². The first-order valence-corrected chi connectivity index (χ1v) is 7.63. The highest BCUT2D eigenvalue weighted by Crippen LogP contribution is 2.07. The van der Waals surface area contributed by atoms with E-state index >= 15 is 0 Å². The van der Waals surface area contributed by atoms with Gasteiger partial charge < -0.3 is 10.2 Å². The summed E-state index contributed by atoms with van der Waals surface area (Å²) in [5.74, 6) is 2.32. The van der Waals surface area contributed by atoms with Crippen LogP contribution in [0.15, 0.2) is 6.33 Å². The lowest BCUT2D eigenvalue weighted by Gasteiger charge is -2.24. The quantitative estimate of drug-likeness (QED) is 0.752. The van der Waals surface area contributed by atoms with Crippen LogP contribution in [0.5, 0.6) is 0 Å². The van der Waals surface area contributed by atoms with E-state index in [9.17, 15) is 0 Å². The molecule has 0 aliphatic rings. The van der Waals surface area contributed by atoms with Crippen molar-refractivity contribution in [2.45, 2.75) is 53.2 Å². The monoisotopic (exact) mass is 281 g/mol. The molecule has 116 valence electrons. The Morgan fingerprint density at radius 1 is 1.20 bits per heavy atom. The summed E-state index contributed by atoms with van der Waals surface area (Å²) in [5, 5.41) is 7.94. The molecule has 0 radical (unpaired) electrons. The highest BCUT2D eigenvalue weighted by molar-refractivity contribution is 4.86. The number of hydrogen-bond acceptors (Lipinski definition) is 4. The second-order valence-electron chi connectivity index (χ2n) is 6.72. The molecule has 0 amide bonds. The minimum atomic E-state index is 0.495. The van der Waals surface area contributed by atoms with E-state index in [1.165, 1.54) is 6.42 Å². The van der Waals surface area contributed by atoms with Gasteiger partial charge in [-0.2, -0.15) is 5.10 Å². The molecule has 0 aromatic carbocycles. The van der Waals surface area contributed by atoms with Gasteiger partial charge in [-0.1, -0.05) is 27.7 Å². The van der Waals surface area contributed by atoms with Crippen molar-refractivity contribution in [2.24, 2.45) is 11.8 Å². The number of likely N-dealkylation sites (N-methyl/N-ethyl adjacent to an activating group) is 1. The molecule has 20 heavy (non-hydrogen) atoms. The molecule has 0 fully saturated rings. The Labute approximate surface area is 123 Å². The molecule has 1 N–H and O–H groups in total. The summed E-state index contributed by atoms with van der Waals surface area (Å²) in [6.07, 6.45) is 2.83. The molecule has 0 aliphatic heterocycles. The third-order valence-electron chi connectivity index (χ3n) is 3.12. The van der Waals surface area contributed by atoms with E-state index in [1.807, 2.05) is 4.68 Å². The maximum absolute atomic E-state index is 4.38. The van der Waals surface area contributed by atoms with Gasteiger partial charge in [0.25, 0.3) is 0 Å². The van der Waals surface area contributed by atoms with Gasteiger partial charge in [-0.15, -0.1) is 0 Å². The standard InChI is InChI=1S/C15H31N5/c1-12(2)7-14(10-19(5)6)16-8-15-17-11-18-20(15)9-13(3)4/h11-14,16H,7-10H2,1-6H3. The molecule has 1 aromatic rings. The Hall–Kier alpha value is -0.940. The Kier molecular flexibility index (Phi) is 7.16. The van der Waals surface area contributed by atoms with Crippen molar-refractivity contribution in [3.63, 3.8) is 0 Å². The van der Waals surface area contributed by atoms with Crippen molar-refractivity contribution in [1.82, 2.24) is 25.0 Å². The fourth-order valence-electron chi connectivity index (χ4n) is 2.39. The molecule has 1 aromatic heterocycles. The fraction of sp³-hybridized carbons (Fsp3) is 0.867. The van der Waals surface area contributed by atoms with Crippen molar-refractivity contribution < 1.29 is 0 Å². The van der Waals surface area contributed by atoms with Gasteiger partial charge in [0, 0.05) is 19.1 Å². The van der Waals surface area contributed by atoms with Crippen molar-refractivity contribution in [3.05, 3.63) is 12.2 Å². The van der Waals surface area contributed by atoms with E-state index < -0.39 is 0 Å². The maximum atomic E-state index is 4.38. The van der Waals surface area contributed by atoms with Gasteiger partial charge >= 0.3 is 0 Å². The Morgan fingerprint density at radius 2 is 1.90 bits per heavy atom. The Balaban J connectivity index is 2.55. The number of aromatic nitrogens is 3. The van der Waals surface area contributed by atoms with Crippen LogP contribution in [0.2, 0.25) is 0 Å². The molecule has 0 spiro atoms. The topological polar surface area (TPSA) is 46.0 Å². The fourth-order valence-corrected chi connectivity index (χ4v) is 2.39. The Morgan fingerprint density at radius 3 is 2.45 bits per heavy atom. The Bertz CT molecular complexity index is 360. The van der Waals surface area contributed by atoms with Crippen LogP contribution in [-0.2, 0) is 13.1 Å². The first kappa shape index (κ1) is 17.1. The van der Waals surface area contributed by atoms with Crippen molar-refractivity contribution >= 4 is 0 Å². The zero-order chi connectivity index (χ0) is 15.1. The van der Waals surface area contributed by atoms with Gasteiger partial charge in [-0.25, -0.2) is 9.67 Å². The average Bonchev–Trinajstić information content (AvgIpc) is 2.71. The summed E-state index contributed by atoms with van der Waals surface area (Å²) >= 11 is 0. The minimum Gasteiger partial charge on any atom is -0.308 e. The number of nitrogens with one attached hydrogen (secondary N) is 1. The molecular weight excluding hydrogens is 250 g/mol. The van der Waals surface area contributed by atoms with E-state index in [-0.39, 0.29) is 0 Å². The minimum absolute atomic E-state index is 0.495. The summed E-state index contributed by atoms with van der Waals surface area (Å²) < 4.78 is 2.01. The van der Waals surface area contributed by atoms with Gasteiger partial charge in [-0.3, -0.25) is 0 Å². The normalized spacial score (nSPS) is 13.7. The molecule has 1 atom stereocenters. The van der Waals surface area contributed by atoms with Crippen LogP contribution in [-0.4, -0.2) is 46.3 Å². The van der Waals surface area contributed by atoms with Crippen molar-refractivity contribution in [1.29, 1.82) is 0 Å². The van der Waals surface area contributed by atoms with Crippen molar-refractivity contribution in [3.8, 4) is 0 Å². The average molecular weight is 281 g/mol. The largest absolute Gasteiger partial charge is 0.308 e. The maximum Gasteiger partial charge on any atom is 0.140 e. The number of nitrogens with zero attached hydrogens (tertiary/aromatic N) is 4. The first-order valence-electron chi connectivity index (χ1n) is 7.63. The predicted molar refractivity (Wildman–Crippen MR) is 83.5 cm³/mol. The van der Waals surface area contributed by atoms with Gasteiger partial charge in [0.2, 0.25) is 0 Å². The predicted octanol–water partition coefficient (Wildman–Crippen LogP) is 2.00. The van der Waals surface area contributed by atoms with Crippen LogP contribution in [0.3, 0.4) is 0 Å². The summed E-state index contributed by atoms with van der Waals surface area (Å²) in [4.78, 5) is 6.61. The molecule has 1 heterocycles. The smallest absolute Gasteiger partial charge is 0.140 e. The third-order valence-corrected chi connectivity index (χ3v) is 3.12. The summed E-state index contributed by atoms with van der Waals surface area (Å²) in [7, 11) is 4.24. The molecule has 0 saturated carbocycles. The zero-order valence-electron chi connectivity index (χ0n) is 13.9. The molecular formula is C15H31N5. The lowest BCUT2D eigenvalue weighted by Crippen LogP contribution is -2.39. The van der Waals surface area contributed by atoms with E-state index in [0.717, 1.165) is 25.5 Å². The van der Waals surface area contributed by atoms with Gasteiger partial charge in [-0.05, 0) is 32.4 Å². The molecule has 1 unspecified atom stereocenters. The van der Waals surface area contributed by atoms with E-state index in [1.54, 1.807) is 6.33 Å². The van der Waals surface area contributed by atoms with E-state index in [0.29, 0.717) is 17.9 Å². The van der Waals surface area contributed by atoms with Gasteiger partial charge in [0.15, 0.2) is 0 Å². The number of rotatable bonds is 9. The molecule has 1 rings (SSSR count). The highest BCUT2D eigenvalue weighted by Gasteiger charge is 2.13. The third kappa shape index (κ3) is 6.48. The first-order chi connectivity index (χ1) is 9.38. The van der Waals surface area contributed by atoms with Gasteiger partial charge in [0.1, 0.15) is 12.2 Å². The molecule has 0 bridgehead atoms. The van der Waals surface area contributed by atoms with Crippen LogP contribution in [0.4, 0.5) is 0 Å². The van der Waals surface area contributed by atoms with Crippen LogP contribution >= 0.6 is 0 Å². The van der Waals surface area contributed by atoms with Crippen molar-refractivity contribution in [2.75, 3.05) is 20.6 Å². The molecule has 0 aliphatic carbocycles. The second kappa shape index (κ2) is 8.37. The molecule has 0 saturated heterocycles. The highest BCUT2D eigenvalue weighted by atomic mass is 15.3. The second-order valence-corrected chi connectivity index (χ2v) is 6.72. The summed E-state index contributed by atoms with van der Waals surface area (Å²) in [5.41, 5.74) is 0. The molecule has 5 nitrogen and oxygen atoms in total. The number of hydrogen-bond donors (Lipinski definition) is 1. The van der Waals surface area contributed by atoms with Crippen LogP contribution in [0.25, 0.3) is 0 Å². The lowest BCUT2D eigenvalue weighted by atomic mass is 10.0. The lowest BCUT2D eigenvalue weighted by molar-refractivity contribution is 0.301. The molecule has 5 heteroatoms. The summed E-state index contributed by atoms with van der Waals surface area (Å²) in [6.45, 7) is 11.7. The SMILES string of the molecule is CC(C)CC(CN(C)C)NCc1ncnn1CC(C)C. The van der Waals surface area contributed by atoms with Crippen LogP contribution in [0, 0.1) is 11.8 Å². The van der Waals surface area contributed by atoms with Crippen LogP contribution in [0.1, 0.15) is 39.9 Å². The van der Waals surface area contributed by atoms with Gasteiger partial charge in [0.05, 0.1) is 6.54 Å². The van der Waals surface area contributed by atoms with Crippen LogP contribution < -0.4 is 5.32 Å². The zero-order valence-corrected chi connectivity index (χ0v) is 13.9. The van der Waals surface area contributed by atoms with E-state index in [2.05, 4.69) is 62.1 Å². The summed E-state index contributed by atoms with van der Waals surface area (Å²) in [6, 6.07) is 0.495.